The second-order valence-corrected chi connectivity index (χ2v) is 5.62. The third-order valence-corrected chi connectivity index (χ3v) is 4.45. The van der Waals surface area contributed by atoms with E-state index in [2.05, 4.69) is 0 Å². The van der Waals surface area contributed by atoms with Crippen LogP contribution in [0.3, 0.4) is 0 Å². The summed E-state index contributed by atoms with van der Waals surface area (Å²) in [5.74, 6) is -1.24. The molecule has 1 heterocycles. The number of aliphatic carboxylic acids is 1. The van der Waals surface area contributed by atoms with Gasteiger partial charge in [-0.1, -0.05) is 24.3 Å². The fourth-order valence-corrected chi connectivity index (χ4v) is 3.01. The summed E-state index contributed by atoms with van der Waals surface area (Å²) in [6.45, 7) is 0.612. The minimum absolute atomic E-state index is 0.0520. The molecule has 1 aliphatic carbocycles. The van der Waals surface area contributed by atoms with Crippen molar-refractivity contribution < 1.29 is 19.8 Å². The highest BCUT2D eigenvalue weighted by Crippen LogP contribution is 2.37. The zero-order valence-electron chi connectivity index (χ0n) is 11.1. The molecule has 3 rings (SSSR count). The number of carboxylic acids is 1. The SMILES string of the molecule is O=C(C1Cc2ccccc21)N1CCC(O)(C(=O)O)CC1. The summed E-state index contributed by atoms with van der Waals surface area (Å²) in [4.78, 5) is 25.1. The molecule has 1 saturated heterocycles. The maximum atomic E-state index is 12.4. The lowest BCUT2D eigenvalue weighted by atomic mass is 9.76. The number of hydrogen-bond donors (Lipinski definition) is 2. The van der Waals surface area contributed by atoms with Gasteiger partial charge in [-0.2, -0.15) is 0 Å². The highest BCUT2D eigenvalue weighted by Gasteiger charge is 2.42. The number of piperidine rings is 1. The topological polar surface area (TPSA) is 77.8 Å². The third-order valence-electron chi connectivity index (χ3n) is 4.45. The molecule has 0 bridgehead atoms. The summed E-state index contributed by atoms with van der Waals surface area (Å²) in [6.07, 6.45) is 0.958. The van der Waals surface area contributed by atoms with Gasteiger partial charge < -0.3 is 15.1 Å². The van der Waals surface area contributed by atoms with E-state index < -0.39 is 11.6 Å². The predicted octanol–water partition coefficient (Wildman–Crippen LogP) is 0.764. The molecule has 0 aromatic heterocycles. The summed E-state index contributed by atoms with van der Waals surface area (Å²) in [5, 5.41) is 18.8. The fourth-order valence-electron chi connectivity index (χ4n) is 3.01. The standard InChI is InChI=1S/C15H17NO4/c17-13(12-9-10-3-1-2-4-11(10)12)16-7-5-15(20,6-8-16)14(18)19/h1-4,12,20H,5-9H2,(H,18,19). The molecule has 106 valence electrons. The van der Waals surface area contributed by atoms with Crippen LogP contribution in [0.5, 0.6) is 0 Å². The Morgan fingerprint density at radius 1 is 1.20 bits per heavy atom. The molecule has 0 radical (unpaired) electrons. The lowest BCUT2D eigenvalue weighted by molar-refractivity contribution is -0.165. The molecular weight excluding hydrogens is 258 g/mol. The zero-order chi connectivity index (χ0) is 14.3. The average molecular weight is 275 g/mol. The molecule has 1 aliphatic heterocycles. The zero-order valence-corrected chi connectivity index (χ0v) is 11.1. The fraction of sp³-hybridized carbons (Fsp3) is 0.467. The van der Waals surface area contributed by atoms with Crippen molar-refractivity contribution in [3.05, 3.63) is 35.4 Å². The molecule has 5 nitrogen and oxygen atoms in total. The molecule has 0 spiro atoms. The van der Waals surface area contributed by atoms with Gasteiger partial charge >= 0.3 is 5.97 Å². The Bertz CT molecular complexity index is 561. The lowest BCUT2D eigenvalue weighted by Gasteiger charge is -2.39. The van der Waals surface area contributed by atoms with Crippen LogP contribution in [0.15, 0.2) is 24.3 Å². The van der Waals surface area contributed by atoms with Gasteiger partial charge in [0.15, 0.2) is 5.60 Å². The number of aliphatic hydroxyl groups is 1. The quantitative estimate of drug-likeness (QED) is 0.835. The monoisotopic (exact) mass is 275 g/mol. The van der Waals surface area contributed by atoms with Crippen LogP contribution >= 0.6 is 0 Å². The van der Waals surface area contributed by atoms with Crippen molar-refractivity contribution in [1.82, 2.24) is 4.90 Å². The van der Waals surface area contributed by atoms with Crippen LogP contribution in [-0.4, -0.2) is 45.7 Å². The third kappa shape index (κ3) is 1.98. The number of likely N-dealkylation sites (tertiary alicyclic amines) is 1. The summed E-state index contributed by atoms with van der Waals surface area (Å²) in [7, 11) is 0. The largest absolute Gasteiger partial charge is 0.479 e. The number of carbonyl (C=O) groups excluding carboxylic acids is 1. The van der Waals surface area contributed by atoms with Crippen LogP contribution in [0.4, 0.5) is 0 Å². The molecule has 2 aliphatic rings. The van der Waals surface area contributed by atoms with Crippen LogP contribution in [-0.2, 0) is 16.0 Å². The van der Waals surface area contributed by atoms with Gasteiger partial charge in [-0.25, -0.2) is 4.79 Å². The summed E-state index contributed by atoms with van der Waals surface area (Å²) < 4.78 is 0. The van der Waals surface area contributed by atoms with E-state index in [9.17, 15) is 14.7 Å². The van der Waals surface area contributed by atoms with Gasteiger partial charge in [0.05, 0.1) is 5.92 Å². The lowest BCUT2D eigenvalue weighted by Crippen LogP contribution is -2.52. The van der Waals surface area contributed by atoms with Gasteiger partial charge in [-0.05, 0) is 17.5 Å². The molecule has 1 aromatic rings. The first-order chi connectivity index (χ1) is 9.51. The van der Waals surface area contributed by atoms with Crippen molar-refractivity contribution in [2.75, 3.05) is 13.1 Å². The predicted molar refractivity (Wildman–Crippen MR) is 71.3 cm³/mol. The molecule has 1 atom stereocenters. The molecule has 1 amide bonds. The molecular formula is C15H17NO4. The first-order valence-electron chi connectivity index (χ1n) is 6.84. The summed E-state index contributed by atoms with van der Waals surface area (Å²) in [6, 6.07) is 7.89. The molecule has 2 N–H and O–H groups in total. The number of fused-ring (bicyclic) bond motifs is 1. The van der Waals surface area contributed by atoms with E-state index in [4.69, 9.17) is 5.11 Å². The van der Waals surface area contributed by atoms with Gasteiger partial charge in [0, 0.05) is 25.9 Å². The molecule has 20 heavy (non-hydrogen) atoms. The van der Waals surface area contributed by atoms with Crippen molar-refractivity contribution in [1.29, 1.82) is 0 Å². The van der Waals surface area contributed by atoms with Crippen LogP contribution in [0.1, 0.15) is 29.9 Å². The molecule has 1 fully saturated rings. The first kappa shape index (κ1) is 13.1. The van der Waals surface area contributed by atoms with Crippen molar-refractivity contribution in [3.63, 3.8) is 0 Å². The van der Waals surface area contributed by atoms with Crippen molar-refractivity contribution in [3.8, 4) is 0 Å². The number of amides is 1. The van der Waals surface area contributed by atoms with Crippen molar-refractivity contribution >= 4 is 11.9 Å². The van der Waals surface area contributed by atoms with E-state index in [1.54, 1.807) is 4.90 Å². The molecule has 0 saturated carbocycles. The number of hydrogen-bond acceptors (Lipinski definition) is 3. The van der Waals surface area contributed by atoms with Gasteiger partial charge in [0.1, 0.15) is 0 Å². The molecule has 1 unspecified atom stereocenters. The highest BCUT2D eigenvalue weighted by atomic mass is 16.4. The van der Waals surface area contributed by atoms with E-state index in [1.165, 1.54) is 5.56 Å². The molecule has 1 aromatic carbocycles. The highest BCUT2D eigenvalue weighted by molar-refractivity contribution is 5.87. The first-order valence-corrected chi connectivity index (χ1v) is 6.84. The van der Waals surface area contributed by atoms with Gasteiger partial charge in [-0.15, -0.1) is 0 Å². The van der Waals surface area contributed by atoms with E-state index in [1.807, 2.05) is 24.3 Å². The molecule has 5 heteroatoms. The van der Waals surface area contributed by atoms with Crippen molar-refractivity contribution in [2.45, 2.75) is 30.8 Å². The van der Waals surface area contributed by atoms with E-state index in [-0.39, 0.29) is 24.7 Å². The smallest absolute Gasteiger partial charge is 0.335 e. The van der Waals surface area contributed by atoms with Gasteiger partial charge in [0.2, 0.25) is 5.91 Å². The maximum absolute atomic E-state index is 12.4. The Kier molecular flexibility index (Phi) is 3.01. The minimum atomic E-state index is -1.67. The number of carbonyl (C=O) groups is 2. The van der Waals surface area contributed by atoms with Crippen LogP contribution in [0, 0.1) is 0 Å². The van der Waals surface area contributed by atoms with Crippen LogP contribution in [0.2, 0.25) is 0 Å². The van der Waals surface area contributed by atoms with Gasteiger partial charge in [-0.3, -0.25) is 4.79 Å². The van der Waals surface area contributed by atoms with Crippen LogP contribution < -0.4 is 0 Å². The van der Waals surface area contributed by atoms with Crippen LogP contribution in [0.25, 0.3) is 0 Å². The van der Waals surface area contributed by atoms with Gasteiger partial charge in [0.25, 0.3) is 0 Å². The number of rotatable bonds is 2. The summed E-state index contributed by atoms with van der Waals surface area (Å²) >= 11 is 0. The van der Waals surface area contributed by atoms with E-state index in [0.717, 1.165) is 12.0 Å². The average Bonchev–Trinajstić information content (AvgIpc) is 2.40. The summed E-state index contributed by atoms with van der Waals surface area (Å²) in [5.41, 5.74) is 0.621. The Morgan fingerprint density at radius 3 is 2.45 bits per heavy atom. The Morgan fingerprint density at radius 2 is 1.85 bits per heavy atom. The van der Waals surface area contributed by atoms with E-state index in [0.29, 0.717) is 13.1 Å². The Hall–Kier alpha value is -1.88. The number of carboxylic acid groups (broad SMARTS) is 1. The van der Waals surface area contributed by atoms with E-state index >= 15 is 0 Å². The second-order valence-electron chi connectivity index (χ2n) is 5.62. The Balaban J connectivity index is 1.65. The Labute approximate surface area is 116 Å². The number of benzene rings is 1. The second kappa shape index (κ2) is 4.59. The number of nitrogens with zero attached hydrogens (tertiary/aromatic N) is 1. The normalized spacial score (nSPS) is 23.6. The van der Waals surface area contributed by atoms with Crippen molar-refractivity contribution in [2.24, 2.45) is 0 Å². The maximum Gasteiger partial charge on any atom is 0.335 e. The minimum Gasteiger partial charge on any atom is -0.479 e.